The lowest BCUT2D eigenvalue weighted by Crippen LogP contribution is -2.55. The molecule has 1 aromatic rings. The highest BCUT2D eigenvalue weighted by atomic mass is 127. The zero-order valence-electron chi connectivity index (χ0n) is 12.0. The molecule has 0 spiro atoms. The van der Waals surface area contributed by atoms with Crippen LogP contribution in [0.25, 0.3) is 0 Å². The molecule has 0 atom stereocenters. The Hall–Kier alpha value is -0.660. The van der Waals surface area contributed by atoms with Gasteiger partial charge in [0, 0.05) is 34.3 Å². The van der Waals surface area contributed by atoms with Crippen LogP contribution in [-0.4, -0.2) is 49.2 Å². The van der Waals surface area contributed by atoms with Gasteiger partial charge in [-0.1, -0.05) is 6.07 Å². The largest absolute Gasteiger partial charge is 0.379 e. The van der Waals surface area contributed by atoms with Crippen molar-refractivity contribution in [3.8, 4) is 0 Å². The molecule has 1 aliphatic heterocycles. The van der Waals surface area contributed by atoms with Gasteiger partial charge in [-0.2, -0.15) is 0 Å². The molecule has 1 aliphatic rings. The minimum Gasteiger partial charge on any atom is -0.379 e. The van der Waals surface area contributed by atoms with E-state index in [-0.39, 0.29) is 11.4 Å². The maximum Gasteiger partial charge on any atom is 0.251 e. The van der Waals surface area contributed by atoms with Gasteiger partial charge in [0.05, 0.1) is 13.2 Å². The Bertz CT molecular complexity index is 471. The van der Waals surface area contributed by atoms with Gasteiger partial charge in [-0.25, -0.2) is 0 Å². The molecule has 0 radical (unpaired) electrons. The molecule has 1 heterocycles. The summed E-state index contributed by atoms with van der Waals surface area (Å²) >= 11 is 2.22. The molecule has 5 heteroatoms. The fraction of sp³-hybridized carbons (Fsp3) is 0.533. The predicted molar refractivity (Wildman–Crippen MR) is 88.0 cm³/mol. The monoisotopic (exact) mass is 388 g/mol. The first-order chi connectivity index (χ1) is 9.49. The molecule has 1 saturated heterocycles. The van der Waals surface area contributed by atoms with Gasteiger partial charge in [-0.05, 0) is 54.6 Å². The van der Waals surface area contributed by atoms with Crippen molar-refractivity contribution in [1.29, 1.82) is 0 Å². The lowest BCUT2D eigenvalue weighted by Gasteiger charge is -2.40. The Balaban J connectivity index is 1.91. The molecule has 2 rings (SSSR count). The first kappa shape index (κ1) is 15.7. The van der Waals surface area contributed by atoms with Crippen LogP contribution in [0.5, 0.6) is 0 Å². The van der Waals surface area contributed by atoms with Gasteiger partial charge in [-0.3, -0.25) is 9.69 Å². The number of amides is 1. The van der Waals surface area contributed by atoms with Crippen LogP contribution < -0.4 is 5.32 Å². The second kappa shape index (κ2) is 6.87. The molecule has 0 aliphatic carbocycles. The maximum absolute atomic E-state index is 12.2. The topological polar surface area (TPSA) is 41.6 Å². The number of rotatable bonds is 4. The number of benzene rings is 1. The van der Waals surface area contributed by atoms with Crippen molar-refractivity contribution >= 4 is 28.5 Å². The number of nitrogens with one attached hydrogen (secondary N) is 1. The zero-order valence-corrected chi connectivity index (χ0v) is 14.1. The number of halogens is 1. The van der Waals surface area contributed by atoms with Crippen molar-refractivity contribution < 1.29 is 9.53 Å². The molecule has 0 bridgehead atoms. The third-order valence-corrected chi connectivity index (χ3v) is 4.31. The van der Waals surface area contributed by atoms with Crippen LogP contribution >= 0.6 is 22.6 Å². The molecule has 1 aromatic carbocycles. The fourth-order valence-electron chi connectivity index (χ4n) is 2.31. The van der Waals surface area contributed by atoms with Gasteiger partial charge in [-0.15, -0.1) is 0 Å². The van der Waals surface area contributed by atoms with E-state index in [0.29, 0.717) is 6.54 Å². The summed E-state index contributed by atoms with van der Waals surface area (Å²) in [5.41, 5.74) is 0.663. The Morgan fingerprint density at radius 1 is 1.40 bits per heavy atom. The number of morpholine rings is 1. The van der Waals surface area contributed by atoms with E-state index in [1.807, 2.05) is 24.3 Å². The molecule has 4 nitrogen and oxygen atoms in total. The van der Waals surface area contributed by atoms with E-state index in [9.17, 15) is 4.79 Å². The van der Waals surface area contributed by atoms with Crippen molar-refractivity contribution in [3.63, 3.8) is 0 Å². The van der Waals surface area contributed by atoms with Crippen LogP contribution in [0.3, 0.4) is 0 Å². The van der Waals surface area contributed by atoms with Gasteiger partial charge in [0.15, 0.2) is 0 Å². The summed E-state index contributed by atoms with van der Waals surface area (Å²) in [5, 5.41) is 3.04. The number of hydrogen-bond donors (Lipinski definition) is 1. The molecule has 20 heavy (non-hydrogen) atoms. The fourth-order valence-corrected chi connectivity index (χ4v) is 2.85. The summed E-state index contributed by atoms with van der Waals surface area (Å²) in [6, 6.07) is 7.63. The highest BCUT2D eigenvalue weighted by molar-refractivity contribution is 14.1. The third-order valence-electron chi connectivity index (χ3n) is 3.64. The molecule has 0 saturated carbocycles. The van der Waals surface area contributed by atoms with Crippen molar-refractivity contribution in [2.75, 3.05) is 32.8 Å². The van der Waals surface area contributed by atoms with E-state index in [2.05, 4.69) is 46.7 Å². The minimum atomic E-state index is -0.0542. The van der Waals surface area contributed by atoms with Gasteiger partial charge in [0.1, 0.15) is 0 Å². The summed E-state index contributed by atoms with van der Waals surface area (Å²) in [6.07, 6.45) is 0. The first-order valence-corrected chi connectivity index (χ1v) is 7.93. The molecule has 1 amide bonds. The smallest absolute Gasteiger partial charge is 0.251 e. The van der Waals surface area contributed by atoms with Gasteiger partial charge >= 0.3 is 0 Å². The lowest BCUT2D eigenvalue weighted by atomic mass is 10.0. The minimum absolute atomic E-state index is 0.00940. The molecular weight excluding hydrogens is 367 g/mol. The average Bonchev–Trinajstić information content (AvgIpc) is 2.46. The highest BCUT2D eigenvalue weighted by Crippen LogP contribution is 2.15. The van der Waals surface area contributed by atoms with Crippen LogP contribution in [0, 0.1) is 3.57 Å². The number of nitrogens with zero attached hydrogens (tertiary/aromatic N) is 1. The Labute approximate surface area is 134 Å². The quantitative estimate of drug-likeness (QED) is 0.804. The number of carbonyl (C=O) groups is 1. The Kier molecular flexibility index (Phi) is 5.40. The summed E-state index contributed by atoms with van der Waals surface area (Å²) in [4.78, 5) is 14.5. The number of hydrogen-bond acceptors (Lipinski definition) is 3. The first-order valence-electron chi connectivity index (χ1n) is 6.85. The molecule has 0 unspecified atom stereocenters. The average molecular weight is 388 g/mol. The summed E-state index contributed by atoms with van der Waals surface area (Å²) in [7, 11) is 0. The summed E-state index contributed by atoms with van der Waals surface area (Å²) < 4.78 is 6.45. The van der Waals surface area contributed by atoms with E-state index in [1.54, 1.807) is 0 Å². The zero-order chi connectivity index (χ0) is 14.6. The molecule has 1 fully saturated rings. The summed E-state index contributed by atoms with van der Waals surface area (Å²) in [5.74, 6) is -0.00940. The molecule has 110 valence electrons. The summed E-state index contributed by atoms with van der Waals surface area (Å²) in [6.45, 7) is 8.35. The van der Waals surface area contributed by atoms with E-state index in [1.165, 1.54) is 0 Å². The van der Waals surface area contributed by atoms with Crippen molar-refractivity contribution in [2.45, 2.75) is 19.4 Å². The third kappa shape index (κ3) is 4.17. The van der Waals surface area contributed by atoms with Crippen LogP contribution in [0.4, 0.5) is 0 Å². The maximum atomic E-state index is 12.2. The normalized spacial score (nSPS) is 16.9. The van der Waals surface area contributed by atoms with Crippen LogP contribution in [0.2, 0.25) is 0 Å². The second-order valence-corrected chi connectivity index (χ2v) is 6.85. The Morgan fingerprint density at radius 2 is 2.10 bits per heavy atom. The van der Waals surface area contributed by atoms with Crippen molar-refractivity contribution in [1.82, 2.24) is 10.2 Å². The molecule has 1 N–H and O–H groups in total. The second-order valence-electron chi connectivity index (χ2n) is 5.60. The van der Waals surface area contributed by atoms with Crippen LogP contribution in [-0.2, 0) is 4.74 Å². The number of carbonyl (C=O) groups excluding carboxylic acids is 1. The van der Waals surface area contributed by atoms with E-state index in [0.717, 1.165) is 35.4 Å². The Morgan fingerprint density at radius 3 is 2.75 bits per heavy atom. The van der Waals surface area contributed by atoms with Gasteiger partial charge in [0.2, 0.25) is 0 Å². The van der Waals surface area contributed by atoms with Crippen LogP contribution in [0.15, 0.2) is 24.3 Å². The molecule has 0 aromatic heterocycles. The van der Waals surface area contributed by atoms with Crippen LogP contribution in [0.1, 0.15) is 24.2 Å². The van der Waals surface area contributed by atoms with E-state index in [4.69, 9.17) is 4.74 Å². The van der Waals surface area contributed by atoms with Gasteiger partial charge in [0.25, 0.3) is 5.91 Å². The predicted octanol–water partition coefficient (Wildman–Crippen LogP) is 2.13. The highest BCUT2D eigenvalue weighted by Gasteiger charge is 2.28. The lowest BCUT2D eigenvalue weighted by molar-refractivity contribution is -0.00923. The van der Waals surface area contributed by atoms with Crippen molar-refractivity contribution in [3.05, 3.63) is 33.4 Å². The SMILES string of the molecule is CC(C)(CNC(=O)c1cccc(I)c1)N1CCOCC1. The van der Waals surface area contributed by atoms with Crippen molar-refractivity contribution in [2.24, 2.45) is 0 Å². The number of ether oxygens (including phenoxy) is 1. The standard InChI is InChI=1S/C15H21IN2O2/c1-15(2,18-6-8-20-9-7-18)11-17-14(19)12-4-3-5-13(16)10-12/h3-5,10H,6-9,11H2,1-2H3,(H,17,19). The van der Waals surface area contributed by atoms with E-state index >= 15 is 0 Å². The molecular formula is C15H21IN2O2. The van der Waals surface area contributed by atoms with E-state index < -0.39 is 0 Å². The van der Waals surface area contributed by atoms with Gasteiger partial charge < -0.3 is 10.1 Å².